The fourth-order valence-corrected chi connectivity index (χ4v) is 2.63. The zero-order valence-electron chi connectivity index (χ0n) is 11.2. The highest BCUT2D eigenvalue weighted by molar-refractivity contribution is 5.73. The van der Waals surface area contributed by atoms with Crippen LogP contribution in [0.15, 0.2) is 43.0 Å². The molecule has 3 atom stereocenters. The average Bonchev–Trinajstić information content (AvgIpc) is 2.88. The van der Waals surface area contributed by atoms with Crippen molar-refractivity contribution in [2.45, 2.75) is 25.6 Å². The second-order valence-corrected chi connectivity index (χ2v) is 4.92. The molecule has 1 fully saturated rings. The van der Waals surface area contributed by atoms with Gasteiger partial charge in [0.1, 0.15) is 0 Å². The van der Waals surface area contributed by atoms with Gasteiger partial charge in [-0.3, -0.25) is 4.79 Å². The minimum Gasteiger partial charge on any atom is -0.469 e. The number of rotatable bonds is 5. The van der Waals surface area contributed by atoms with Gasteiger partial charge < -0.3 is 9.47 Å². The van der Waals surface area contributed by atoms with Crippen LogP contribution in [0, 0.1) is 11.8 Å². The van der Waals surface area contributed by atoms with Gasteiger partial charge >= 0.3 is 5.97 Å². The van der Waals surface area contributed by atoms with Gasteiger partial charge in [0.2, 0.25) is 0 Å². The summed E-state index contributed by atoms with van der Waals surface area (Å²) in [5.41, 5.74) is 1.15. The molecule has 1 aromatic carbocycles. The maximum absolute atomic E-state index is 11.7. The van der Waals surface area contributed by atoms with Crippen molar-refractivity contribution in [3.63, 3.8) is 0 Å². The lowest BCUT2D eigenvalue weighted by molar-refractivity contribution is -0.146. The first-order valence-corrected chi connectivity index (χ1v) is 6.60. The molecule has 0 bridgehead atoms. The van der Waals surface area contributed by atoms with Gasteiger partial charge in [-0.05, 0) is 24.3 Å². The van der Waals surface area contributed by atoms with Crippen LogP contribution in [0.3, 0.4) is 0 Å². The van der Waals surface area contributed by atoms with Crippen LogP contribution in [0.4, 0.5) is 0 Å². The second kappa shape index (κ2) is 6.53. The molecule has 0 saturated heterocycles. The zero-order valence-corrected chi connectivity index (χ0v) is 11.2. The Hall–Kier alpha value is -1.61. The van der Waals surface area contributed by atoms with Gasteiger partial charge in [-0.25, -0.2) is 0 Å². The summed E-state index contributed by atoms with van der Waals surface area (Å²) in [4.78, 5) is 11.7. The van der Waals surface area contributed by atoms with Crippen molar-refractivity contribution in [3.8, 4) is 0 Å². The lowest BCUT2D eigenvalue weighted by Gasteiger charge is -2.12. The van der Waals surface area contributed by atoms with Crippen LogP contribution in [0.25, 0.3) is 0 Å². The van der Waals surface area contributed by atoms with Crippen molar-refractivity contribution in [2.24, 2.45) is 11.8 Å². The molecule has 0 aromatic heterocycles. The summed E-state index contributed by atoms with van der Waals surface area (Å²) in [6.45, 7) is 4.39. The predicted octanol–water partition coefficient (Wildman–Crippen LogP) is 2.96. The van der Waals surface area contributed by atoms with E-state index in [2.05, 4.69) is 6.58 Å². The highest BCUT2D eigenvalue weighted by Crippen LogP contribution is 2.35. The molecule has 1 saturated carbocycles. The first-order chi connectivity index (χ1) is 9.24. The molecule has 1 aliphatic carbocycles. The Morgan fingerprint density at radius 3 is 2.74 bits per heavy atom. The smallest absolute Gasteiger partial charge is 0.309 e. The van der Waals surface area contributed by atoms with E-state index >= 15 is 0 Å². The van der Waals surface area contributed by atoms with E-state index in [0.717, 1.165) is 18.4 Å². The number of allylic oxidation sites excluding steroid dienone is 1. The molecule has 3 heteroatoms. The van der Waals surface area contributed by atoms with Crippen LogP contribution in [-0.4, -0.2) is 19.2 Å². The number of benzene rings is 1. The zero-order chi connectivity index (χ0) is 13.7. The van der Waals surface area contributed by atoms with Gasteiger partial charge in [-0.1, -0.05) is 36.4 Å². The number of esters is 1. The molecule has 0 amide bonds. The summed E-state index contributed by atoms with van der Waals surface area (Å²) in [5, 5.41) is 0. The van der Waals surface area contributed by atoms with Crippen molar-refractivity contribution in [2.75, 3.05) is 7.11 Å². The molecule has 0 spiro atoms. The summed E-state index contributed by atoms with van der Waals surface area (Å²) in [7, 11) is 1.43. The predicted molar refractivity (Wildman–Crippen MR) is 73.4 cm³/mol. The van der Waals surface area contributed by atoms with Crippen LogP contribution < -0.4 is 0 Å². The molecule has 1 aromatic rings. The fourth-order valence-electron chi connectivity index (χ4n) is 2.63. The number of carbonyl (C=O) groups is 1. The average molecular weight is 260 g/mol. The highest BCUT2D eigenvalue weighted by Gasteiger charge is 2.38. The third kappa shape index (κ3) is 3.44. The minimum absolute atomic E-state index is 0.104. The van der Waals surface area contributed by atoms with E-state index in [1.54, 1.807) is 0 Å². The number of ether oxygens (including phenoxy) is 2. The first-order valence-electron chi connectivity index (χ1n) is 6.60. The molecular formula is C16H20O3. The van der Waals surface area contributed by atoms with E-state index in [-0.39, 0.29) is 23.9 Å². The Bertz CT molecular complexity index is 427. The van der Waals surface area contributed by atoms with Crippen molar-refractivity contribution in [1.82, 2.24) is 0 Å². The normalized spacial score (nSPS) is 26.1. The van der Waals surface area contributed by atoms with Crippen LogP contribution in [0.1, 0.15) is 18.4 Å². The SMILES string of the molecule is C=C[C@H]1C[C@H](OCc2ccccc2)C[C@@H]1C(=O)OC. The summed E-state index contributed by atoms with van der Waals surface area (Å²) >= 11 is 0. The quantitative estimate of drug-likeness (QED) is 0.603. The van der Waals surface area contributed by atoms with Crippen molar-refractivity contribution >= 4 is 5.97 Å². The molecule has 2 rings (SSSR count). The lowest BCUT2D eigenvalue weighted by atomic mass is 9.97. The van der Waals surface area contributed by atoms with Gasteiger partial charge in [0, 0.05) is 0 Å². The highest BCUT2D eigenvalue weighted by atomic mass is 16.5. The van der Waals surface area contributed by atoms with E-state index in [4.69, 9.17) is 9.47 Å². The maximum atomic E-state index is 11.7. The van der Waals surface area contributed by atoms with Gasteiger partial charge in [-0.2, -0.15) is 0 Å². The fraction of sp³-hybridized carbons (Fsp3) is 0.438. The van der Waals surface area contributed by atoms with Crippen molar-refractivity contribution < 1.29 is 14.3 Å². The molecule has 19 heavy (non-hydrogen) atoms. The van der Waals surface area contributed by atoms with Gasteiger partial charge in [-0.15, -0.1) is 6.58 Å². The molecule has 1 aliphatic rings. The summed E-state index contributed by atoms with van der Waals surface area (Å²) in [6, 6.07) is 10.1. The first kappa shape index (κ1) is 13.8. The Morgan fingerprint density at radius 2 is 2.11 bits per heavy atom. The molecule has 0 radical (unpaired) electrons. The van der Waals surface area contributed by atoms with E-state index in [9.17, 15) is 4.79 Å². The Morgan fingerprint density at radius 1 is 1.37 bits per heavy atom. The third-order valence-corrected chi connectivity index (χ3v) is 3.70. The Kier molecular flexibility index (Phi) is 4.74. The Balaban J connectivity index is 1.89. The van der Waals surface area contributed by atoms with E-state index < -0.39 is 0 Å². The molecule has 0 unspecified atom stereocenters. The summed E-state index contributed by atoms with van der Waals surface area (Å²) in [5.74, 6) is -0.104. The summed E-state index contributed by atoms with van der Waals surface area (Å²) < 4.78 is 10.7. The largest absolute Gasteiger partial charge is 0.469 e. The van der Waals surface area contributed by atoms with E-state index in [0.29, 0.717) is 6.61 Å². The summed E-state index contributed by atoms with van der Waals surface area (Å²) in [6.07, 6.45) is 3.51. The molecule has 0 N–H and O–H groups in total. The van der Waals surface area contributed by atoms with Crippen LogP contribution >= 0.6 is 0 Å². The molecule has 3 nitrogen and oxygen atoms in total. The van der Waals surface area contributed by atoms with Gasteiger partial charge in [0.15, 0.2) is 0 Å². The number of hydrogen-bond donors (Lipinski definition) is 0. The molecule has 0 heterocycles. The molecular weight excluding hydrogens is 240 g/mol. The number of methoxy groups -OCH3 is 1. The maximum Gasteiger partial charge on any atom is 0.309 e. The van der Waals surface area contributed by atoms with Crippen molar-refractivity contribution in [1.29, 1.82) is 0 Å². The topological polar surface area (TPSA) is 35.5 Å². The Labute approximate surface area is 114 Å². The number of hydrogen-bond acceptors (Lipinski definition) is 3. The lowest BCUT2D eigenvalue weighted by Crippen LogP contribution is -2.19. The number of carbonyl (C=O) groups excluding carboxylic acids is 1. The van der Waals surface area contributed by atoms with E-state index in [1.165, 1.54) is 7.11 Å². The van der Waals surface area contributed by atoms with Crippen molar-refractivity contribution in [3.05, 3.63) is 48.6 Å². The van der Waals surface area contributed by atoms with Crippen LogP contribution in [-0.2, 0) is 20.9 Å². The van der Waals surface area contributed by atoms with Gasteiger partial charge in [0.05, 0.1) is 25.7 Å². The van der Waals surface area contributed by atoms with Gasteiger partial charge in [0.25, 0.3) is 0 Å². The van der Waals surface area contributed by atoms with E-state index in [1.807, 2.05) is 36.4 Å². The monoisotopic (exact) mass is 260 g/mol. The molecule has 0 aliphatic heterocycles. The minimum atomic E-state index is -0.157. The second-order valence-electron chi connectivity index (χ2n) is 4.92. The van der Waals surface area contributed by atoms with Crippen LogP contribution in [0.5, 0.6) is 0 Å². The standard InChI is InChI=1S/C16H20O3/c1-3-13-9-14(10-15(13)16(17)18-2)19-11-12-7-5-4-6-8-12/h3-8,13-15H,1,9-11H2,2H3/t13-,14-,15-/m0/s1. The van der Waals surface area contributed by atoms with Crippen LogP contribution in [0.2, 0.25) is 0 Å². The third-order valence-electron chi connectivity index (χ3n) is 3.70. The molecule has 102 valence electrons.